The summed E-state index contributed by atoms with van der Waals surface area (Å²) in [4.78, 5) is 10.9. The summed E-state index contributed by atoms with van der Waals surface area (Å²) in [5.74, 6) is -2.09. The summed E-state index contributed by atoms with van der Waals surface area (Å²) in [6, 6.07) is -0.450. The minimum atomic E-state index is -5.04. The van der Waals surface area contributed by atoms with Crippen molar-refractivity contribution in [1.29, 1.82) is 0 Å². The zero-order valence-corrected chi connectivity index (χ0v) is 10.5. The molecule has 0 unspecified atom stereocenters. The van der Waals surface area contributed by atoms with E-state index >= 15 is 0 Å². The van der Waals surface area contributed by atoms with Gasteiger partial charge in [0.2, 0.25) is 0 Å². The molecule has 0 bridgehead atoms. The van der Waals surface area contributed by atoms with Crippen molar-refractivity contribution in [2.24, 2.45) is 0 Å². The molecule has 0 aromatic heterocycles. The summed E-state index contributed by atoms with van der Waals surface area (Å²) in [5, 5.41) is 0. The minimum Gasteiger partial charge on any atom is -0.365 e. The molecule has 0 aromatic rings. The molecule has 102 valence electrons. The van der Waals surface area contributed by atoms with Crippen molar-refractivity contribution >= 4 is 14.1 Å². The van der Waals surface area contributed by atoms with Gasteiger partial charge in [-0.15, -0.1) is 0 Å². The molecule has 0 rings (SSSR count). The maximum absolute atomic E-state index is 12.1. The van der Waals surface area contributed by atoms with Crippen LogP contribution in [-0.4, -0.2) is 38.1 Å². The Labute approximate surface area is 95.7 Å². The molecule has 0 fully saturated rings. The average Bonchev–Trinajstić information content (AvgIpc) is 2.10. The predicted octanol–water partition coefficient (Wildman–Crippen LogP) is 3.16. The van der Waals surface area contributed by atoms with E-state index in [1.54, 1.807) is 0 Å². The fraction of sp³-hybridized carbons (Fsp3) is 0.875. The topological polar surface area (TPSA) is 20.3 Å². The van der Waals surface area contributed by atoms with E-state index in [1.165, 1.54) is 13.1 Å². The third-order valence-electron chi connectivity index (χ3n) is 2.48. The highest BCUT2D eigenvalue weighted by Gasteiger charge is 2.46. The number of hydrogen-bond donors (Lipinski definition) is 0. The molecular formula is C8H13F6NOSi. The molecule has 2 nitrogen and oxygen atoms in total. The normalized spacial score (nSPS) is 13.7. The minimum absolute atomic E-state index is 0.429. The third kappa shape index (κ3) is 5.42. The van der Waals surface area contributed by atoms with Gasteiger partial charge in [0.25, 0.3) is 0 Å². The SMILES string of the molecule is CN(C(=O)C(F)(F)F)[Si](C)(C)CCC(F)(F)F. The van der Waals surface area contributed by atoms with Crippen LogP contribution in [0.3, 0.4) is 0 Å². The molecule has 1 amide bonds. The number of carbonyl (C=O) groups is 1. The van der Waals surface area contributed by atoms with Crippen LogP contribution in [0.25, 0.3) is 0 Å². The van der Waals surface area contributed by atoms with Gasteiger partial charge in [-0.05, 0) is 6.04 Å². The Kier molecular flexibility index (Phi) is 4.66. The van der Waals surface area contributed by atoms with Crippen molar-refractivity contribution in [3.63, 3.8) is 0 Å². The quantitative estimate of drug-likeness (QED) is 0.575. The van der Waals surface area contributed by atoms with E-state index < -0.39 is 39.0 Å². The van der Waals surface area contributed by atoms with Gasteiger partial charge in [-0.3, -0.25) is 4.79 Å². The monoisotopic (exact) mass is 281 g/mol. The van der Waals surface area contributed by atoms with Crippen LogP contribution in [0, 0.1) is 0 Å². The Morgan fingerprint density at radius 1 is 1.12 bits per heavy atom. The fourth-order valence-electron chi connectivity index (χ4n) is 1.08. The Bertz CT molecular complexity index is 285. The molecule has 0 spiro atoms. The second kappa shape index (κ2) is 4.87. The first-order valence-corrected chi connectivity index (χ1v) is 7.84. The molecule has 0 saturated carbocycles. The number of nitrogens with zero attached hydrogens (tertiary/aromatic N) is 1. The molecule has 0 atom stereocenters. The summed E-state index contributed by atoms with van der Waals surface area (Å²) in [6.07, 6.45) is -10.6. The first kappa shape index (κ1) is 16.3. The van der Waals surface area contributed by atoms with E-state index in [1.807, 2.05) is 0 Å². The van der Waals surface area contributed by atoms with Gasteiger partial charge in [-0.1, -0.05) is 13.1 Å². The number of rotatable bonds is 3. The Morgan fingerprint density at radius 3 is 1.82 bits per heavy atom. The Balaban J connectivity index is 4.66. The van der Waals surface area contributed by atoms with Crippen molar-refractivity contribution in [2.45, 2.75) is 37.9 Å². The highest BCUT2D eigenvalue weighted by atomic mass is 28.3. The van der Waals surface area contributed by atoms with E-state index in [-0.39, 0.29) is 0 Å². The first-order chi connectivity index (χ1) is 7.27. The maximum Gasteiger partial charge on any atom is 0.470 e. The van der Waals surface area contributed by atoms with Gasteiger partial charge in [-0.2, -0.15) is 26.3 Å². The summed E-state index contributed by atoms with van der Waals surface area (Å²) >= 11 is 0. The largest absolute Gasteiger partial charge is 0.470 e. The standard InChI is InChI=1S/C8H13F6NOSi/c1-15(6(16)8(12,13)14)17(2,3)5-4-7(9,10)11/h4-5H2,1-3H3. The summed E-state index contributed by atoms with van der Waals surface area (Å²) in [5.41, 5.74) is 0. The number of halogens is 6. The molecule has 0 N–H and O–H groups in total. The molecular weight excluding hydrogens is 268 g/mol. The fourth-order valence-corrected chi connectivity index (χ4v) is 2.99. The van der Waals surface area contributed by atoms with Crippen LogP contribution in [-0.2, 0) is 4.79 Å². The molecule has 17 heavy (non-hydrogen) atoms. The van der Waals surface area contributed by atoms with Crippen molar-refractivity contribution in [2.75, 3.05) is 7.05 Å². The van der Waals surface area contributed by atoms with E-state index in [0.717, 1.165) is 7.05 Å². The van der Waals surface area contributed by atoms with Crippen molar-refractivity contribution in [3.05, 3.63) is 0 Å². The predicted molar refractivity (Wildman–Crippen MR) is 51.8 cm³/mol. The Morgan fingerprint density at radius 2 is 1.53 bits per heavy atom. The van der Waals surface area contributed by atoms with E-state index in [4.69, 9.17) is 0 Å². The van der Waals surface area contributed by atoms with Crippen LogP contribution < -0.4 is 0 Å². The third-order valence-corrected chi connectivity index (χ3v) is 5.97. The first-order valence-electron chi connectivity index (χ1n) is 4.69. The van der Waals surface area contributed by atoms with Crippen LogP contribution in [0.1, 0.15) is 6.42 Å². The lowest BCUT2D eigenvalue weighted by Crippen LogP contribution is -2.54. The number of amides is 1. The molecule has 0 radical (unpaired) electrons. The summed E-state index contributed by atoms with van der Waals surface area (Å²) < 4.78 is 72.7. The molecule has 0 heterocycles. The lowest BCUT2D eigenvalue weighted by atomic mass is 10.5. The van der Waals surface area contributed by atoms with E-state index in [0.29, 0.717) is 4.57 Å². The smallest absolute Gasteiger partial charge is 0.365 e. The van der Waals surface area contributed by atoms with Gasteiger partial charge in [0, 0.05) is 13.5 Å². The highest BCUT2D eigenvalue weighted by Crippen LogP contribution is 2.29. The lowest BCUT2D eigenvalue weighted by Gasteiger charge is -2.34. The van der Waals surface area contributed by atoms with Gasteiger partial charge in [0.1, 0.15) is 0 Å². The van der Waals surface area contributed by atoms with Crippen LogP contribution in [0.5, 0.6) is 0 Å². The lowest BCUT2D eigenvalue weighted by molar-refractivity contribution is -0.180. The molecule has 0 aliphatic rings. The Hall–Kier alpha value is -0.733. The van der Waals surface area contributed by atoms with Gasteiger partial charge in [-0.25, -0.2) is 0 Å². The van der Waals surface area contributed by atoms with E-state index in [2.05, 4.69) is 0 Å². The summed E-state index contributed by atoms with van der Waals surface area (Å²) in [7, 11) is -2.14. The van der Waals surface area contributed by atoms with Crippen LogP contribution in [0.2, 0.25) is 19.1 Å². The van der Waals surface area contributed by atoms with Crippen LogP contribution >= 0.6 is 0 Å². The maximum atomic E-state index is 12.1. The van der Waals surface area contributed by atoms with Crippen molar-refractivity contribution in [1.82, 2.24) is 4.57 Å². The molecule has 9 heteroatoms. The zero-order valence-electron chi connectivity index (χ0n) is 9.54. The highest BCUT2D eigenvalue weighted by molar-refractivity contribution is 6.76. The zero-order chi connectivity index (χ0) is 14.1. The average molecular weight is 281 g/mol. The second-order valence-corrected chi connectivity index (χ2v) is 9.09. The summed E-state index contributed by atoms with van der Waals surface area (Å²) in [6.45, 7) is 2.59. The molecule has 0 aliphatic heterocycles. The molecule has 0 aromatic carbocycles. The molecule has 0 saturated heterocycles. The van der Waals surface area contributed by atoms with Gasteiger partial charge in [0.15, 0.2) is 8.24 Å². The second-order valence-electron chi connectivity index (χ2n) is 4.29. The van der Waals surface area contributed by atoms with Crippen molar-refractivity contribution in [3.8, 4) is 0 Å². The number of carbonyl (C=O) groups excluding carboxylic acids is 1. The van der Waals surface area contributed by atoms with Crippen LogP contribution in [0.15, 0.2) is 0 Å². The van der Waals surface area contributed by atoms with Gasteiger partial charge in [0.05, 0.1) is 0 Å². The van der Waals surface area contributed by atoms with Crippen LogP contribution in [0.4, 0.5) is 26.3 Å². The van der Waals surface area contributed by atoms with Crippen molar-refractivity contribution < 1.29 is 31.1 Å². The molecule has 0 aliphatic carbocycles. The van der Waals surface area contributed by atoms with E-state index in [9.17, 15) is 31.1 Å². The van der Waals surface area contributed by atoms with Gasteiger partial charge < -0.3 is 4.57 Å². The number of hydrogen-bond acceptors (Lipinski definition) is 1. The van der Waals surface area contributed by atoms with Gasteiger partial charge >= 0.3 is 18.3 Å². The number of alkyl halides is 6.